The molecule has 146 valence electrons. The van der Waals surface area contributed by atoms with Gasteiger partial charge in [-0.15, -0.1) is 11.3 Å². The number of benzene rings is 2. The van der Waals surface area contributed by atoms with Crippen molar-refractivity contribution in [2.75, 3.05) is 6.61 Å². The highest BCUT2D eigenvalue weighted by Crippen LogP contribution is 2.45. The van der Waals surface area contributed by atoms with Crippen molar-refractivity contribution in [3.63, 3.8) is 0 Å². The van der Waals surface area contributed by atoms with Gasteiger partial charge in [0, 0.05) is 27.4 Å². The van der Waals surface area contributed by atoms with Gasteiger partial charge in [-0.1, -0.05) is 35.4 Å². The fourth-order valence-electron chi connectivity index (χ4n) is 3.26. The Kier molecular flexibility index (Phi) is 5.00. The van der Waals surface area contributed by atoms with Gasteiger partial charge in [0.15, 0.2) is 0 Å². The molecule has 4 rings (SSSR count). The molecule has 0 spiro atoms. The Morgan fingerprint density at radius 2 is 1.96 bits per heavy atom. The number of hydrogen-bond donors (Lipinski definition) is 0. The molecule has 0 fully saturated rings. The van der Waals surface area contributed by atoms with Crippen molar-refractivity contribution >= 4 is 33.1 Å². The molecule has 1 unspecified atom stereocenters. The maximum absolute atomic E-state index is 12.5. The van der Waals surface area contributed by atoms with E-state index >= 15 is 0 Å². The van der Waals surface area contributed by atoms with Crippen molar-refractivity contribution in [3.8, 4) is 16.2 Å². The normalized spacial score (nSPS) is 18.7. The van der Waals surface area contributed by atoms with E-state index in [0.717, 1.165) is 27.3 Å². The van der Waals surface area contributed by atoms with Gasteiger partial charge in [-0.25, -0.2) is 0 Å². The topological polar surface area (TPSA) is 52.6 Å². The Labute approximate surface area is 173 Å². The van der Waals surface area contributed by atoms with E-state index in [9.17, 15) is 8.42 Å². The van der Waals surface area contributed by atoms with Gasteiger partial charge >= 0.3 is 0 Å². The number of fused-ring (bicyclic) bond motifs is 1. The molecule has 0 aliphatic carbocycles. The molecule has 1 aliphatic heterocycles. The van der Waals surface area contributed by atoms with Crippen LogP contribution in [0.25, 0.3) is 10.4 Å². The van der Waals surface area contributed by atoms with E-state index in [1.165, 1.54) is 0 Å². The van der Waals surface area contributed by atoms with E-state index in [4.69, 9.17) is 20.5 Å². The van der Waals surface area contributed by atoms with Crippen molar-refractivity contribution in [3.05, 3.63) is 70.1 Å². The van der Waals surface area contributed by atoms with E-state index in [2.05, 4.69) is 0 Å². The lowest BCUT2D eigenvalue weighted by Crippen LogP contribution is -2.37. The quantitative estimate of drug-likeness (QED) is 0.499. The molecule has 3 aromatic rings. The van der Waals surface area contributed by atoms with E-state index in [-0.39, 0.29) is 11.5 Å². The monoisotopic (exact) mass is 434 g/mol. The molecule has 28 heavy (non-hydrogen) atoms. The third-order valence-corrected chi connectivity index (χ3v) is 7.06. The minimum atomic E-state index is -3.86. The molecule has 2 aromatic carbocycles. The lowest BCUT2D eigenvalue weighted by atomic mass is 9.99. The van der Waals surface area contributed by atoms with Gasteiger partial charge in [0.05, 0.1) is 4.90 Å². The molecule has 1 aromatic heterocycles. The molecule has 1 aliphatic rings. The molecule has 1 atom stereocenters. The number of aryl methyl sites for hydroxylation is 1. The lowest BCUT2D eigenvalue weighted by Gasteiger charge is -2.24. The van der Waals surface area contributed by atoms with Gasteiger partial charge in [0.25, 0.3) is 10.1 Å². The number of ether oxygens (including phenoxy) is 1. The Bertz CT molecular complexity index is 1110. The smallest absolute Gasteiger partial charge is 0.297 e. The van der Waals surface area contributed by atoms with Crippen LogP contribution in [0.2, 0.25) is 5.02 Å². The first-order valence-electron chi connectivity index (χ1n) is 8.77. The van der Waals surface area contributed by atoms with Crippen LogP contribution < -0.4 is 4.74 Å². The molecule has 0 bridgehead atoms. The van der Waals surface area contributed by atoms with Crippen LogP contribution in [-0.4, -0.2) is 20.6 Å². The summed E-state index contributed by atoms with van der Waals surface area (Å²) in [5.74, 6) is 0.741. The first-order chi connectivity index (χ1) is 13.3. The maximum Gasteiger partial charge on any atom is 0.297 e. The van der Waals surface area contributed by atoms with Gasteiger partial charge < -0.3 is 4.74 Å². The highest BCUT2D eigenvalue weighted by atomic mass is 35.5. The molecule has 7 heteroatoms. The zero-order chi connectivity index (χ0) is 19.9. The molecule has 0 radical (unpaired) electrons. The standard InChI is InChI=1S/C21H19ClO4S2/c1-14-5-7-17(8-6-14)28(23,24)25-13-21(2)12-15-10-16(22)11-18(20(15)26-21)19-4-3-9-27-19/h3-11H,12-13H2,1-2H3. The van der Waals surface area contributed by atoms with Crippen molar-refractivity contribution in [1.82, 2.24) is 0 Å². The number of halogens is 1. The SMILES string of the molecule is Cc1ccc(S(=O)(=O)OCC2(C)Cc3cc(Cl)cc(-c4cccs4)c3O2)cc1. The van der Waals surface area contributed by atoms with Crippen LogP contribution in [0, 0.1) is 6.92 Å². The van der Waals surface area contributed by atoms with E-state index in [1.807, 2.05) is 43.5 Å². The Hall–Kier alpha value is -1.86. The van der Waals surface area contributed by atoms with Crippen molar-refractivity contribution in [1.29, 1.82) is 0 Å². The molecule has 2 heterocycles. The summed E-state index contributed by atoms with van der Waals surface area (Å²) >= 11 is 7.90. The van der Waals surface area contributed by atoms with Gasteiger partial charge in [-0.05, 0) is 49.6 Å². The summed E-state index contributed by atoms with van der Waals surface area (Å²) in [6, 6.07) is 14.3. The highest BCUT2D eigenvalue weighted by Gasteiger charge is 2.38. The van der Waals surface area contributed by atoms with E-state index in [0.29, 0.717) is 11.4 Å². The van der Waals surface area contributed by atoms with Gasteiger partial charge in [0.1, 0.15) is 18.0 Å². The van der Waals surface area contributed by atoms with E-state index in [1.54, 1.807) is 35.6 Å². The second kappa shape index (κ2) is 7.19. The van der Waals surface area contributed by atoms with Crippen LogP contribution in [0.5, 0.6) is 5.75 Å². The zero-order valence-electron chi connectivity index (χ0n) is 15.4. The minimum absolute atomic E-state index is 0.0839. The highest BCUT2D eigenvalue weighted by molar-refractivity contribution is 7.86. The predicted octanol–water partition coefficient (Wildman–Crippen LogP) is 5.48. The fourth-order valence-corrected chi connectivity index (χ4v) is 5.25. The fraction of sp³-hybridized carbons (Fsp3) is 0.238. The van der Waals surface area contributed by atoms with Crippen molar-refractivity contribution in [2.24, 2.45) is 0 Å². The maximum atomic E-state index is 12.5. The van der Waals surface area contributed by atoms with Gasteiger partial charge in [-0.3, -0.25) is 4.18 Å². The summed E-state index contributed by atoms with van der Waals surface area (Å²) in [5, 5.41) is 2.62. The van der Waals surface area contributed by atoms with Crippen molar-refractivity contribution < 1.29 is 17.3 Å². The predicted molar refractivity (Wildman–Crippen MR) is 112 cm³/mol. The third kappa shape index (κ3) is 3.82. The molecular weight excluding hydrogens is 416 g/mol. The second-order valence-electron chi connectivity index (χ2n) is 7.18. The molecule has 4 nitrogen and oxygen atoms in total. The minimum Gasteiger partial charge on any atom is -0.484 e. The van der Waals surface area contributed by atoms with Crippen LogP contribution in [-0.2, 0) is 20.7 Å². The van der Waals surface area contributed by atoms with Crippen LogP contribution in [0.4, 0.5) is 0 Å². The summed E-state index contributed by atoms with van der Waals surface area (Å²) in [6.45, 7) is 3.67. The van der Waals surface area contributed by atoms with Crippen LogP contribution >= 0.6 is 22.9 Å². The second-order valence-corrected chi connectivity index (χ2v) is 10.2. The Balaban J connectivity index is 1.56. The van der Waals surface area contributed by atoms with Crippen molar-refractivity contribution in [2.45, 2.75) is 30.8 Å². The number of rotatable bonds is 5. The zero-order valence-corrected chi connectivity index (χ0v) is 17.8. The number of thiophene rings is 1. The summed E-state index contributed by atoms with van der Waals surface area (Å²) in [4.78, 5) is 1.19. The van der Waals surface area contributed by atoms with Gasteiger partial charge in [-0.2, -0.15) is 8.42 Å². The summed E-state index contributed by atoms with van der Waals surface area (Å²) < 4.78 is 36.6. The Morgan fingerprint density at radius 1 is 1.21 bits per heavy atom. The largest absolute Gasteiger partial charge is 0.484 e. The van der Waals surface area contributed by atoms with Gasteiger partial charge in [0.2, 0.25) is 0 Å². The van der Waals surface area contributed by atoms with Crippen LogP contribution in [0.1, 0.15) is 18.1 Å². The van der Waals surface area contributed by atoms with Crippen LogP contribution in [0.15, 0.2) is 58.8 Å². The third-order valence-electron chi connectivity index (χ3n) is 4.66. The molecule has 0 saturated heterocycles. The first kappa shape index (κ1) is 19.5. The molecule has 0 saturated carbocycles. The number of hydrogen-bond acceptors (Lipinski definition) is 5. The van der Waals surface area contributed by atoms with E-state index < -0.39 is 15.7 Å². The lowest BCUT2D eigenvalue weighted by molar-refractivity contribution is 0.0590. The summed E-state index contributed by atoms with van der Waals surface area (Å²) in [5.41, 5.74) is 2.06. The molecule has 0 N–H and O–H groups in total. The summed E-state index contributed by atoms with van der Waals surface area (Å²) in [6.07, 6.45) is 0.519. The summed E-state index contributed by atoms with van der Waals surface area (Å²) in [7, 11) is -3.86. The average Bonchev–Trinajstić information content (AvgIpc) is 3.28. The average molecular weight is 435 g/mol. The Morgan fingerprint density at radius 3 is 2.64 bits per heavy atom. The first-order valence-corrected chi connectivity index (χ1v) is 11.4. The molecule has 0 amide bonds. The molecular formula is C21H19ClO4S2. The van der Waals surface area contributed by atoms with Crippen LogP contribution in [0.3, 0.4) is 0 Å².